The first-order valence-electron chi connectivity index (χ1n) is 10.5. The molecule has 1 unspecified atom stereocenters. The van der Waals surface area contributed by atoms with Gasteiger partial charge in [-0.05, 0) is 48.7 Å². The van der Waals surface area contributed by atoms with Crippen molar-refractivity contribution in [2.24, 2.45) is 5.92 Å². The summed E-state index contributed by atoms with van der Waals surface area (Å²) in [5.74, 6) is 0.237. The second-order valence-electron chi connectivity index (χ2n) is 7.94. The minimum Gasteiger partial charge on any atom is -0.371 e. The van der Waals surface area contributed by atoms with E-state index in [-0.39, 0.29) is 17.6 Å². The Morgan fingerprint density at radius 3 is 2.26 bits per heavy atom. The van der Waals surface area contributed by atoms with Crippen molar-refractivity contribution in [2.75, 3.05) is 10.6 Å². The topological polar surface area (TPSA) is 74.0 Å². The van der Waals surface area contributed by atoms with Crippen LogP contribution in [0, 0.1) is 5.92 Å². The first-order chi connectivity index (χ1) is 15.2. The number of fused-ring (bicyclic) bond motifs is 1. The number of para-hydroxylation sites is 1. The van der Waals surface area contributed by atoms with Crippen LogP contribution >= 0.6 is 0 Å². The van der Waals surface area contributed by atoms with E-state index in [4.69, 9.17) is 0 Å². The average molecular weight is 409 g/mol. The molecule has 1 aliphatic rings. The summed E-state index contributed by atoms with van der Waals surface area (Å²) in [6.07, 6.45) is 3.72. The van der Waals surface area contributed by atoms with Crippen LogP contribution in [0.5, 0.6) is 0 Å². The summed E-state index contributed by atoms with van der Waals surface area (Å²) in [6, 6.07) is 24.5. The van der Waals surface area contributed by atoms with E-state index in [2.05, 4.69) is 15.6 Å². The Bertz CT molecular complexity index is 1220. The van der Waals surface area contributed by atoms with Gasteiger partial charge in [-0.15, -0.1) is 0 Å². The molecule has 3 N–H and O–H groups in total. The number of anilines is 2. The average Bonchev–Trinajstić information content (AvgIpc) is 3.58. The molecule has 1 amide bonds. The van der Waals surface area contributed by atoms with E-state index in [0.717, 1.165) is 40.7 Å². The van der Waals surface area contributed by atoms with Gasteiger partial charge in [-0.3, -0.25) is 9.59 Å². The Hall–Kier alpha value is -3.86. The molecule has 0 aliphatic heterocycles. The zero-order valence-corrected chi connectivity index (χ0v) is 17.0. The van der Waals surface area contributed by atoms with Gasteiger partial charge in [0, 0.05) is 40.0 Å². The van der Waals surface area contributed by atoms with Crippen LogP contribution in [-0.2, 0) is 4.79 Å². The number of ketones is 1. The fraction of sp³-hybridized carbons (Fsp3) is 0.154. The Kier molecular flexibility index (Phi) is 5.00. The number of carbonyl (C=O) groups excluding carboxylic acids is 2. The first-order valence-corrected chi connectivity index (χ1v) is 10.5. The molecule has 5 nitrogen and oxygen atoms in total. The molecule has 5 rings (SSSR count). The van der Waals surface area contributed by atoms with E-state index in [1.807, 2.05) is 78.9 Å². The van der Waals surface area contributed by atoms with Crippen molar-refractivity contribution in [3.05, 3.63) is 96.2 Å². The molecular formula is C26H23N3O2. The molecule has 1 aromatic heterocycles. The van der Waals surface area contributed by atoms with Crippen molar-refractivity contribution >= 4 is 34.0 Å². The number of H-pyrrole nitrogens is 1. The molecule has 1 atom stereocenters. The lowest BCUT2D eigenvalue weighted by Crippen LogP contribution is -2.21. The molecule has 3 aromatic carbocycles. The van der Waals surface area contributed by atoms with Gasteiger partial charge in [-0.25, -0.2) is 0 Å². The molecule has 31 heavy (non-hydrogen) atoms. The molecule has 1 saturated carbocycles. The monoisotopic (exact) mass is 409 g/mol. The molecular weight excluding hydrogens is 386 g/mol. The standard InChI is InChI=1S/C26H23N3O2/c30-25(22-16-27-23-9-5-4-8-21(22)23)24(17-6-2-1-3-7-17)28-19-12-14-20(15-13-19)29-26(31)18-10-11-18/h1-9,12-16,18,24,27-28H,10-11H2,(H,29,31). The number of aromatic amines is 1. The fourth-order valence-corrected chi connectivity index (χ4v) is 3.78. The lowest BCUT2D eigenvalue weighted by atomic mass is 9.96. The molecule has 0 radical (unpaired) electrons. The number of hydrogen-bond donors (Lipinski definition) is 3. The Balaban J connectivity index is 1.41. The molecule has 5 heteroatoms. The van der Waals surface area contributed by atoms with Gasteiger partial charge in [0.25, 0.3) is 0 Å². The number of benzene rings is 3. The van der Waals surface area contributed by atoms with Gasteiger partial charge in [0.2, 0.25) is 5.91 Å². The quantitative estimate of drug-likeness (QED) is 0.350. The van der Waals surface area contributed by atoms with Crippen LogP contribution in [0.15, 0.2) is 85.1 Å². The maximum Gasteiger partial charge on any atom is 0.227 e. The van der Waals surface area contributed by atoms with Crippen molar-refractivity contribution in [1.29, 1.82) is 0 Å². The van der Waals surface area contributed by atoms with Crippen molar-refractivity contribution < 1.29 is 9.59 Å². The molecule has 0 saturated heterocycles. The van der Waals surface area contributed by atoms with E-state index in [0.29, 0.717) is 5.56 Å². The Morgan fingerprint density at radius 2 is 1.52 bits per heavy atom. The highest BCUT2D eigenvalue weighted by Crippen LogP contribution is 2.31. The number of nitrogens with one attached hydrogen (secondary N) is 3. The summed E-state index contributed by atoms with van der Waals surface area (Å²) in [4.78, 5) is 28.7. The highest BCUT2D eigenvalue weighted by Gasteiger charge is 2.29. The predicted octanol–water partition coefficient (Wildman–Crippen LogP) is 5.55. The van der Waals surface area contributed by atoms with Crippen molar-refractivity contribution in [3.63, 3.8) is 0 Å². The molecule has 154 valence electrons. The van der Waals surface area contributed by atoms with Crippen LogP contribution < -0.4 is 10.6 Å². The van der Waals surface area contributed by atoms with Crippen molar-refractivity contribution in [1.82, 2.24) is 4.98 Å². The summed E-state index contributed by atoms with van der Waals surface area (Å²) in [5.41, 5.74) is 4.07. The minimum absolute atomic E-state index is 0.00485. The highest BCUT2D eigenvalue weighted by molar-refractivity contribution is 6.11. The third kappa shape index (κ3) is 4.08. The number of aromatic nitrogens is 1. The van der Waals surface area contributed by atoms with Crippen LogP contribution in [0.4, 0.5) is 11.4 Å². The van der Waals surface area contributed by atoms with Crippen LogP contribution in [0.3, 0.4) is 0 Å². The lowest BCUT2D eigenvalue weighted by Gasteiger charge is -2.19. The number of carbonyl (C=O) groups is 2. The molecule has 1 fully saturated rings. The second-order valence-corrected chi connectivity index (χ2v) is 7.94. The highest BCUT2D eigenvalue weighted by atomic mass is 16.2. The van der Waals surface area contributed by atoms with Gasteiger partial charge in [0.1, 0.15) is 6.04 Å². The van der Waals surface area contributed by atoms with Crippen LogP contribution in [0.2, 0.25) is 0 Å². The van der Waals surface area contributed by atoms with Crippen LogP contribution in [0.25, 0.3) is 10.9 Å². The summed E-state index contributed by atoms with van der Waals surface area (Å²) < 4.78 is 0. The van der Waals surface area contributed by atoms with Gasteiger partial charge < -0.3 is 15.6 Å². The molecule has 0 bridgehead atoms. The number of Topliss-reactive ketones (excluding diaryl/α,β-unsaturated/α-hetero) is 1. The fourth-order valence-electron chi connectivity index (χ4n) is 3.78. The summed E-state index contributed by atoms with van der Waals surface area (Å²) in [5, 5.41) is 7.24. The summed E-state index contributed by atoms with van der Waals surface area (Å²) >= 11 is 0. The smallest absolute Gasteiger partial charge is 0.227 e. The van der Waals surface area contributed by atoms with E-state index in [1.165, 1.54) is 0 Å². The zero-order chi connectivity index (χ0) is 21.2. The van der Waals surface area contributed by atoms with E-state index >= 15 is 0 Å². The summed E-state index contributed by atoms with van der Waals surface area (Å²) in [6.45, 7) is 0. The lowest BCUT2D eigenvalue weighted by molar-refractivity contribution is -0.117. The number of rotatable bonds is 7. The van der Waals surface area contributed by atoms with Gasteiger partial charge in [-0.2, -0.15) is 0 Å². The van der Waals surface area contributed by atoms with E-state index < -0.39 is 6.04 Å². The van der Waals surface area contributed by atoms with Crippen molar-refractivity contribution in [3.8, 4) is 0 Å². The summed E-state index contributed by atoms with van der Waals surface area (Å²) in [7, 11) is 0. The van der Waals surface area contributed by atoms with Crippen LogP contribution in [0.1, 0.15) is 34.8 Å². The van der Waals surface area contributed by atoms with Gasteiger partial charge in [0.15, 0.2) is 5.78 Å². The zero-order valence-electron chi connectivity index (χ0n) is 17.0. The second kappa shape index (κ2) is 8.11. The first kappa shape index (κ1) is 19.1. The molecule has 4 aromatic rings. The molecule has 1 heterocycles. The van der Waals surface area contributed by atoms with Crippen molar-refractivity contribution in [2.45, 2.75) is 18.9 Å². The normalized spacial score (nSPS) is 14.2. The molecule has 0 spiro atoms. The number of hydrogen-bond acceptors (Lipinski definition) is 3. The molecule has 1 aliphatic carbocycles. The Morgan fingerprint density at radius 1 is 0.839 bits per heavy atom. The Labute approximate surface area is 180 Å². The van der Waals surface area contributed by atoms with E-state index in [1.54, 1.807) is 6.20 Å². The van der Waals surface area contributed by atoms with Gasteiger partial charge in [0.05, 0.1) is 0 Å². The van der Waals surface area contributed by atoms with Gasteiger partial charge in [-0.1, -0.05) is 48.5 Å². The maximum atomic E-state index is 13.6. The predicted molar refractivity (Wildman–Crippen MR) is 123 cm³/mol. The van der Waals surface area contributed by atoms with Crippen LogP contribution in [-0.4, -0.2) is 16.7 Å². The third-order valence-corrected chi connectivity index (χ3v) is 5.66. The minimum atomic E-state index is -0.535. The number of amides is 1. The third-order valence-electron chi connectivity index (χ3n) is 5.66. The maximum absolute atomic E-state index is 13.6. The SMILES string of the molecule is O=C(Nc1ccc(NC(C(=O)c2c[nH]c3ccccc23)c2ccccc2)cc1)C1CC1. The largest absolute Gasteiger partial charge is 0.371 e. The van der Waals surface area contributed by atoms with Gasteiger partial charge >= 0.3 is 0 Å². The van der Waals surface area contributed by atoms with E-state index in [9.17, 15) is 9.59 Å².